The summed E-state index contributed by atoms with van der Waals surface area (Å²) in [5.74, 6) is -0.379. The largest absolute Gasteiger partial charge is 0.351 e. The molecule has 2 saturated heterocycles. The second-order valence-electron chi connectivity index (χ2n) is 6.88. The zero-order valence-electron chi connectivity index (χ0n) is 14.2. The van der Waals surface area contributed by atoms with Crippen molar-refractivity contribution in [3.05, 3.63) is 53.7 Å². The van der Waals surface area contributed by atoms with Crippen molar-refractivity contribution in [3.8, 4) is 0 Å². The molecule has 0 spiro atoms. The van der Waals surface area contributed by atoms with Gasteiger partial charge in [-0.1, -0.05) is 23.7 Å². The molecule has 2 amide bonds. The number of benzene rings is 1. The quantitative estimate of drug-likeness (QED) is 0.897. The number of hydrogen-bond acceptors (Lipinski definition) is 4. The van der Waals surface area contributed by atoms with Gasteiger partial charge in [0, 0.05) is 12.5 Å². The summed E-state index contributed by atoms with van der Waals surface area (Å²) in [6.07, 6.45) is 5.05. The highest BCUT2D eigenvalue weighted by molar-refractivity contribution is 5.92. The zero-order valence-corrected chi connectivity index (χ0v) is 14.2. The van der Waals surface area contributed by atoms with E-state index < -0.39 is 0 Å². The van der Waals surface area contributed by atoms with E-state index in [1.165, 1.54) is 18.3 Å². The van der Waals surface area contributed by atoms with Crippen LogP contribution in [0.2, 0.25) is 0 Å². The van der Waals surface area contributed by atoms with E-state index in [0.717, 1.165) is 24.8 Å². The van der Waals surface area contributed by atoms with Gasteiger partial charge in [-0.2, -0.15) is 0 Å². The molecule has 2 fully saturated rings. The third kappa shape index (κ3) is 3.09. The van der Waals surface area contributed by atoms with Gasteiger partial charge in [0.15, 0.2) is 0 Å². The van der Waals surface area contributed by atoms with Crippen LogP contribution in [0.1, 0.15) is 54.3 Å². The van der Waals surface area contributed by atoms with Gasteiger partial charge in [0.2, 0.25) is 11.7 Å². The molecule has 7 heteroatoms. The van der Waals surface area contributed by atoms with Crippen LogP contribution in [-0.2, 0) is 4.79 Å². The topological polar surface area (TPSA) is 75.4 Å². The lowest BCUT2D eigenvalue weighted by atomic mass is 9.97. The van der Waals surface area contributed by atoms with Crippen molar-refractivity contribution in [2.24, 2.45) is 0 Å². The first kappa shape index (κ1) is 16.8. The highest BCUT2D eigenvalue weighted by atomic mass is 19.1. The lowest BCUT2D eigenvalue weighted by molar-refractivity contribution is -0.122. The maximum absolute atomic E-state index is 13.3. The molecule has 0 unspecified atom stereocenters. The molecule has 2 aromatic rings. The maximum atomic E-state index is 13.3. The molecule has 0 radical (unpaired) electrons. The normalized spacial score (nSPS) is 26.0. The summed E-state index contributed by atoms with van der Waals surface area (Å²) in [7, 11) is 0. The van der Waals surface area contributed by atoms with E-state index >= 15 is 0 Å². The van der Waals surface area contributed by atoms with Crippen LogP contribution in [0.4, 0.5) is 4.39 Å². The van der Waals surface area contributed by atoms with Crippen LogP contribution in [0.3, 0.4) is 0 Å². The third-order valence-corrected chi connectivity index (χ3v) is 5.27. The van der Waals surface area contributed by atoms with Gasteiger partial charge in [-0.15, -0.1) is 0 Å². The average molecular weight is 357 g/mol. The van der Waals surface area contributed by atoms with Crippen molar-refractivity contribution < 1.29 is 18.5 Å². The van der Waals surface area contributed by atoms with Gasteiger partial charge in [0.25, 0.3) is 5.91 Å². The summed E-state index contributed by atoms with van der Waals surface area (Å²) in [5.41, 5.74) is 0.847. The minimum absolute atomic E-state index is 0.0199. The van der Waals surface area contributed by atoms with Crippen molar-refractivity contribution in [1.29, 1.82) is 0 Å². The van der Waals surface area contributed by atoms with Gasteiger partial charge in [0.05, 0.1) is 24.3 Å². The second kappa shape index (κ2) is 6.90. The number of carbonyl (C=O) groups excluding carboxylic acids is 2. The van der Waals surface area contributed by atoms with Crippen LogP contribution < -0.4 is 5.32 Å². The zero-order chi connectivity index (χ0) is 18.1. The molecular formula is C19H20FN3O3. The Bertz CT molecular complexity index is 791. The van der Waals surface area contributed by atoms with Crippen molar-refractivity contribution in [3.63, 3.8) is 0 Å². The number of aromatic nitrogens is 1. The summed E-state index contributed by atoms with van der Waals surface area (Å²) in [6.45, 7) is 0. The summed E-state index contributed by atoms with van der Waals surface area (Å²) >= 11 is 0. The number of carbonyl (C=O) groups is 2. The molecule has 4 rings (SSSR count). The van der Waals surface area contributed by atoms with Crippen molar-refractivity contribution in [2.75, 3.05) is 0 Å². The fourth-order valence-corrected chi connectivity index (χ4v) is 4.08. The third-order valence-electron chi connectivity index (χ3n) is 5.27. The Morgan fingerprint density at radius 2 is 2.04 bits per heavy atom. The Kier molecular flexibility index (Phi) is 4.44. The summed E-state index contributed by atoms with van der Waals surface area (Å²) < 4.78 is 18.4. The molecule has 0 saturated carbocycles. The lowest BCUT2D eigenvalue weighted by Gasteiger charge is -2.32. The molecule has 0 aliphatic carbocycles. The Balaban J connectivity index is 1.71. The van der Waals surface area contributed by atoms with E-state index in [4.69, 9.17) is 4.52 Å². The van der Waals surface area contributed by atoms with Crippen LogP contribution in [-0.4, -0.2) is 34.0 Å². The fraction of sp³-hybridized carbons (Fsp3) is 0.421. The molecule has 3 atom stereocenters. The van der Waals surface area contributed by atoms with Gasteiger partial charge in [-0.3, -0.25) is 9.59 Å². The number of nitrogens with zero attached hydrogens (tertiary/aromatic N) is 2. The predicted molar refractivity (Wildman–Crippen MR) is 90.6 cm³/mol. The van der Waals surface area contributed by atoms with Gasteiger partial charge < -0.3 is 14.7 Å². The number of rotatable bonds is 2. The molecule has 2 aliphatic rings. The van der Waals surface area contributed by atoms with Crippen LogP contribution in [0, 0.1) is 5.82 Å². The van der Waals surface area contributed by atoms with E-state index in [1.54, 1.807) is 23.1 Å². The molecule has 136 valence electrons. The van der Waals surface area contributed by atoms with E-state index in [-0.39, 0.29) is 41.5 Å². The maximum Gasteiger partial charge on any atom is 0.293 e. The standard InChI is InChI=1S/C19H20FN3O3/c20-13-7-5-12(6-8-13)16-11-14-15(3-1-2-4-18(24)22-14)23(16)19(25)17-9-10-21-26-17/h5-10,14-16H,1-4,11H2,(H,22,24)/t14-,15+,16+/m1/s1. The highest BCUT2D eigenvalue weighted by Gasteiger charge is 2.46. The molecule has 1 N–H and O–H groups in total. The Morgan fingerprint density at radius 3 is 2.77 bits per heavy atom. The average Bonchev–Trinajstić information content (AvgIpc) is 3.26. The summed E-state index contributed by atoms with van der Waals surface area (Å²) in [5, 5.41) is 6.70. The Labute approximate surface area is 150 Å². The first-order valence-electron chi connectivity index (χ1n) is 8.91. The van der Waals surface area contributed by atoms with E-state index in [2.05, 4.69) is 10.5 Å². The Morgan fingerprint density at radius 1 is 1.23 bits per heavy atom. The molecule has 3 heterocycles. The van der Waals surface area contributed by atoms with E-state index in [1.807, 2.05) is 0 Å². The molecule has 1 aromatic carbocycles. The highest BCUT2D eigenvalue weighted by Crippen LogP contribution is 2.40. The number of likely N-dealkylation sites (tertiary alicyclic amines) is 1. The van der Waals surface area contributed by atoms with Crippen LogP contribution in [0.15, 0.2) is 41.1 Å². The predicted octanol–water partition coefficient (Wildman–Crippen LogP) is 2.83. The van der Waals surface area contributed by atoms with E-state index in [9.17, 15) is 14.0 Å². The number of fused-ring (bicyclic) bond motifs is 1. The summed E-state index contributed by atoms with van der Waals surface area (Å²) in [4.78, 5) is 27.0. The SMILES string of the molecule is O=C1CCCC[C@H]2[C@@H](C[C@@H](c3ccc(F)cc3)N2C(=O)c2ccno2)N1. The van der Waals surface area contributed by atoms with Gasteiger partial charge in [-0.05, 0) is 37.0 Å². The first-order chi connectivity index (χ1) is 12.6. The number of nitrogens with one attached hydrogen (secondary N) is 1. The molecule has 26 heavy (non-hydrogen) atoms. The number of amides is 2. The van der Waals surface area contributed by atoms with Crippen molar-refractivity contribution in [1.82, 2.24) is 15.4 Å². The molecule has 2 aliphatic heterocycles. The van der Waals surface area contributed by atoms with Crippen LogP contribution in [0.25, 0.3) is 0 Å². The molecule has 0 bridgehead atoms. The summed E-state index contributed by atoms with van der Waals surface area (Å²) in [6, 6.07) is 7.23. The van der Waals surface area contributed by atoms with Crippen LogP contribution in [0.5, 0.6) is 0 Å². The van der Waals surface area contributed by atoms with E-state index in [0.29, 0.717) is 12.8 Å². The Hall–Kier alpha value is -2.70. The van der Waals surface area contributed by atoms with Crippen LogP contribution >= 0.6 is 0 Å². The molecule has 6 nitrogen and oxygen atoms in total. The minimum atomic E-state index is -0.320. The monoisotopic (exact) mass is 357 g/mol. The lowest BCUT2D eigenvalue weighted by Crippen LogP contribution is -2.47. The van der Waals surface area contributed by atoms with Gasteiger partial charge >= 0.3 is 0 Å². The molecule has 1 aromatic heterocycles. The van der Waals surface area contributed by atoms with Gasteiger partial charge in [-0.25, -0.2) is 4.39 Å². The van der Waals surface area contributed by atoms with Gasteiger partial charge in [0.1, 0.15) is 5.82 Å². The second-order valence-corrected chi connectivity index (χ2v) is 6.88. The van der Waals surface area contributed by atoms with Crippen molar-refractivity contribution in [2.45, 2.75) is 50.2 Å². The minimum Gasteiger partial charge on any atom is -0.351 e. The fourth-order valence-electron chi connectivity index (χ4n) is 4.08. The smallest absolute Gasteiger partial charge is 0.293 e. The first-order valence-corrected chi connectivity index (χ1v) is 8.91. The number of halogens is 1. The number of hydrogen-bond donors (Lipinski definition) is 1. The molecular weight excluding hydrogens is 337 g/mol. The van der Waals surface area contributed by atoms with Crippen molar-refractivity contribution >= 4 is 11.8 Å².